The summed E-state index contributed by atoms with van der Waals surface area (Å²) in [7, 11) is 0. The lowest BCUT2D eigenvalue weighted by Gasteiger charge is -2.23. The summed E-state index contributed by atoms with van der Waals surface area (Å²) < 4.78 is 0. The highest BCUT2D eigenvalue weighted by molar-refractivity contribution is 7.16. The number of nitriles is 1. The molecular weight excluding hydrogens is 579 g/mol. The molecule has 1 unspecified atom stereocenters. The molecule has 2 N–H and O–H groups in total. The molecule has 0 aliphatic heterocycles. The van der Waals surface area contributed by atoms with E-state index in [1.807, 2.05) is 6.08 Å². The molecule has 7 heteroatoms. The van der Waals surface area contributed by atoms with Crippen molar-refractivity contribution < 1.29 is 15.0 Å². The number of aromatic nitrogens is 1. The zero-order valence-electron chi connectivity index (χ0n) is 28.7. The molecule has 1 atom stereocenters. The Kier molecular flexibility index (Phi) is 12.0. The summed E-state index contributed by atoms with van der Waals surface area (Å²) in [5.41, 5.74) is 4.87. The molecule has 0 bridgehead atoms. The standard InChI is InChI=1S/C38H51N3O3S/c1-11-15-17-41(18-16-12-2)37-40-33(32-26(13-3)19-23(5)20-27(32)14-4)30(45-37)21-28-24(6)29(22-39)35(43)31(34(28)42)25(7)36(44)38(8,9)10/h19-21,25,42-43H,6,11-18H2,1-5,7-10H3/b28-21-. The number of unbranched alkanes of at least 4 members (excludes halogenated alkanes) is 2. The SMILES string of the molecule is C=c1c(C#N)c(O)c(C(C)C(=O)C(C)(C)C)c(O)/c1=C\c1sc(N(CCCC)CCCC)nc1-c1c(CC)cc(C)cc1CC. The van der Waals surface area contributed by atoms with Gasteiger partial charge in [0.25, 0.3) is 0 Å². The first kappa shape index (κ1) is 35.8. The maximum atomic E-state index is 13.3. The zero-order valence-corrected chi connectivity index (χ0v) is 29.5. The van der Waals surface area contributed by atoms with Crippen molar-refractivity contribution in [3.63, 3.8) is 0 Å². The van der Waals surface area contributed by atoms with Crippen LogP contribution < -0.4 is 15.3 Å². The Morgan fingerprint density at radius 1 is 1.07 bits per heavy atom. The summed E-state index contributed by atoms with van der Waals surface area (Å²) in [5.74, 6) is -1.61. The quantitative estimate of drug-likeness (QED) is 0.200. The van der Waals surface area contributed by atoms with Crippen LogP contribution in [0.15, 0.2) is 12.1 Å². The van der Waals surface area contributed by atoms with Crippen LogP contribution in [-0.2, 0) is 17.6 Å². The van der Waals surface area contributed by atoms with Gasteiger partial charge in [0.05, 0.1) is 10.6 Å². The molecule has 0 aliphatic rings. The molecule has 0 amide bonds. The first-order valence-corrected chi connectivity index (χ1v) is 17.2. The van der Waals surface area contributed by atoms with Gasteiger partial charge in [0.15, 0.2) is 5.13 Å². The van der Waals surface area contributed by atoms with Crippen molar-refractivity contribution in [2.24, 2.45) is 5.41 Å². The number of aromatic hydroxyl groups is 2. The molecule has 0 saturated heterocycles. The van der Waals surface area contributed by atoms with Gasteiger partial charge in [-0.1, -0.05) is 104 Å². The number of phenolic OH excluding ortho intramolecular Hbond substituents is 2. The number of nitrogens with zero attached hydrogens (tertiary/aromatic N) is 3. The van der Waals surface area contributed by atoms with E-state index in [0.717, 1.165) is 72.9 Å². The number of Topliss-reactive ketones (excluding diaryl/α,β-unsaturated/α-hetero) is 1. The van der Waals surface area contributed by atoms with Gasteiger partial charge >= 0.3 is 0 Å². The van der Waals surface area contributed by atoms with Crippen molar-refractivity contribution in [3.8, 4) is 28.8 Å². The fourth-order valence-corrected chi connectivity index (χ4v) is 7.01. The Bertz CT molecular complexity index is 1660. The number of ketones is 1. The molecule has 1 aromatic heterocycles. The second-order valence-electron chi connectivity index (χ2n) is 13.0. The summed E-state index contributed by atoms with van der Waals surface area (Å²) >= 11 is 1.57. The van der Waals surface area contributed by atoms with E-state index in [1.54, 1.807) is 39.0 Å². The van der Waals surface area contributed by atoms with Gasteiger partial charge in [-0.3, -0.25) is 4.79 Å². The number of aryl methyl sites for hydroxylation is 3. The third-order valence-corrected chi connectivity index (χ3v) is 9.57. The van der Waals surface area contributed by atoms with Crippen molar-refractivity contribution in [2.75, 3.05) is 18.0 Å². The Hall–Kier alpha value is -3.63. The van der Waals surface area contributed by atoms with Crippen molar-refractivity contribution in [3.05, 3.63) is 55.3 Å². The number of phenols is 2. The van der Waals surface area contributed by atoms with Crippen molar-refractivity contribution in [2.45, 2.75) is 107 Å². The topological polar surface area (TPSA) is 97.4 Å². The normalized spacial score (nSPS) is 12.8. The number of rotatable bonds is 13. The van der Waals surface area contributed by atoms with E-state index in [-0.39, 0.29) is 27.9 Å². The number of carbonyl (C=O) groups is 1. The monoisotopic (exact) mass is 629 g/mol. The molecule has 6 nitrogen and oxygen atoms in total. The number of benzene rings is 2. The molecule has 0 fully saturated rings. The van der Waals surface area contributed by atoms with Gasteiger partial charge in [-0.2, -0.15) is 5.26 Å². The lowest BCUT2D eigenvalue weighted by molar-refractivity contribution is -0.127. The smallest absolute Gasteiger partial charge is 0.186 e. The Morgan fingerprint density at radius 2 is 1.62 bits per heavy atom. The van der Waals surface area contributed by atoms with Gasteiger partial charge in [0, 0.05) is 40.8 Å². The number of thiazole rings is 1. The van der Waals surface area contributed by atoms with Crippen molar-refractivity contribution in [1.82, 2.24) is 4.98 Å². The van der Waals surface area contributed by atoms with Crippen LogP contribution in [0.3, 0.4) is 0 Å². The summed E-state index contributed by atoms with van der Waals surface area (Å²) in [6.45, 7) is 23.8. The number of anilines is 1. The minimum Gasteiger partial charge on any atom is -0.507 e. The van der Waals surface area contributed by atoms with Gasteiger partial charge in [-0.25, -0.2) is 4.98 Å². The molecule has 0 aliphatic carbocycles. The summed E-state index contributed by atoms with van der Waals surface area (Å²) in [4.78, 5) is 21.9. The average molecular weight is 630 g/mol. The molecule has 242 valence electrons. The molecule has 2 aromatic carbocycles. The Balaban J connectivity index is 2.49. The van der Waals surface area contributed by atoms with E-state index in [2.05, 4.69) is 64.3 Å². The number of hydrogen-bond donors (Lipinski definition) is 2. The maximum absolute atomic E-state index is 13.3. The van der Waals surface area contributed by atoms with Crippen LogP contribution in [0.1, 0.15) is 120 Å². The first-order chi connectivity index (χ1) is 21.2. The van der Waals surface area contributed by atoms with E-state index in [0.29, 0.717) is 5.22 Å². The van der Waals surface area contributed by atoms with E-state index in [9.17, 15) is 20.3 Å². The van der Waals surface area contributed by atoms with E-state index >= 15 is 0 Å². The van der Waals surface area contributed by atoms with E-state index in [4.69, 9.17) is 4.98 Å². The third-order valence-electron chi connectivity index (χ3n) is 8.50. The van der Waals surface area contributed by atoms with Crippen LogP contribution in [0, 0.1) is 23.7 Å². The second-order valence-corrected chi connectivity index (χ2v) is 14.0. The average Bonchev–Trinajstić information content (AvgIpc) is 3.41. The molecule has 3 aromatic rings. The van der Waals surface area contributed by atoms with Crippen LogP contribution in [0.2, 0.25) is 0 Å². The minimum absolute atomic E-state index is 0.0414. The fourth-order valence-electron chi connectivity index (χ4n) is 5.95. The highest BCUT2D eigenvalue weighted by Gasteiger charge is 2.33. The summed E-state index contributed by atoms with van der Waals surface area (Å²) in [6.07, 6.45) is 7.79. The van der Waals surface area contributed by atoms with Crippen molar-refractivity contribution in [1.29, 1.82) is 5.26 Å². The highest BCUT2D eigenvalue weighted by atomic mass is 32.1. The molecule has 0 spiro atoms. The predicted molar refractivity (Wildman–Crippen MR) is 189 cm³/mol. The third kappa shape index (κ3) is 7.61. The summed E-state index contributed by atoms with van der Waals surface area (Å²) in [5, 5.41) is 34.4. The Morgan fingerprint density at radius 3 is 2.09 bits per heavy atom. The van der Waals surface area contributed by atoms with E-state index < -0.39 is 17.1 Å². The molecule has 0 radical (unpaired) electrons. The molecule has 1 heterocycles. The van der Waals surface area contributed by atoms with Gasteiger partial charge in [0.1, 0.15) is 28.9 Å². The lowest BCUT2D eigenvalue weighted by Crippen LogP contribution is -2.31. The summed E-state index contributed by atoms with van der Waals surface area (Å²) in [6, 6.07) is 6.52. The highest BCUT2D eigenvalue weighted by Crippen LogP contribution is 2.40. The molecule has 0 saturated carbocycles. The lowest BCUT2D eigenvalue weighted by atomic mass is 9.79. The molecular formula is C38H51N3O3S. The molecule has 45 heavy (non-hydrogen) atoms. The zero-order chi connectivity index (χ0) is 33.6. The molecule has 3 rings (SSSR count). The number of hydrogen-bond acceptors (Lipinski definition) is 7. The Labute approximate surface area is 273 Å². The van der Waals surface area contributed by atoms with Gasteiger partial charge in [-0.15, -0.1) is 0 Å². The van der Waals surface area contributed by atoms with Crippen LogP contribution in [-0.4, -0.2) is 34.1 Å². The first-order valence-electron chi connectivity index (χ1n) is 16.4. The van der Waals surface area contributed by atoms with Crippen LogP contribution in [0.4, 0.5) is 5.13 Å². The maximum Gasteiger partial charge on any atom is 0.186 e. The van der Waals surface area contributed by atoms with Crippen LogP contribution in [0.5, 0.6) is 11.5 Å². The predicted octanol–water partition coefficient (Wildman–Crippen LogP) is 7.89. The van der Waals surface area contributed by atoms with Gasteiger partial charge in [-0.05, 0) is 55.0 Å². The van der Waals surface area contributed by atoms with Crippen LogP contribution >= 0.6 is 11.3 Å². The number of carbonyl (C=O) groups excluding carboxylic acids is 1. The van der Waals surface area contributed by atoms with Gasteiger partial charge < -0.3 is 15.1 Å². The van der Waals surface area contributed by atoms with Gasteiger partial charge in [0.2, 0.25) is 0 Å². The fraction of sp³-hybridized carbons (Fsp3) is 0.500. The van der Waals surface area contributed by atoms with E-state index in [1.165, 1.54) is 16.7 Å². The second kappa shape index (κ2) is 15.1. The largest absolute Gasteiger partial charge is 0.507 e. The minimum atomic E-state index is -0.838. The van der Waals surface area contributed by atoms with Crippen molar-refractivity contribution >= 4 is 34.9 Å². The van der Waals surface area contributed by atoms with Crippen LogP contribution in [0.25, 0.3) is 23.9 Å².